The molecule has 2 N–H and O–H groups in total. The number of carbonyl (C=O) groups is 1. The summed E-state index contributed by atoms with van der Waals surface area (Å²) in [5.74, 6) is 1.12. The number of anilines is 2. The van der Waals surface area contributed by atoms with Crippen molar-refractivity contribution in [2.24, 2.45) is 0 Å². The van der Waals surface area contributed by atoms with Crippen molar-refractivity contribution in [3.8, 4) is 0 Å². The Hall–Kier alpha value is -2.51. The lowest BCUT2D eigenvalue weighted by Gasteiger charge is -2.26. The van der Waals surface area contributed by atoms with Crippen LogP contribution in [0.3, 0.4) is 0 Å². The molecule has 1 saturated heterocycles. The molecule has 0 unspecified atom stereocenters. The zero-order valence-corrected chi connectivity index (χ0v) is 14.9. The third kappa shape index (κ3) is 6.09. The summed E-state index contributed by atoms with van der Waals surface area (Å²) in [5.41, 5.74) is 1.15. The normalized spacial score (nSPS) is 14.8. The average Bonchev–Trinajstić information content (AvgIpc) is 2.69. The molecule has 1 aromatic heterocycles. The zero-order valence-electron chi connectivity index (χ0n) is 14.9. The third-order valence-corrected chi connectivity index (χ3v) is 4.25. The van der Waals surface area contributed by atoms with E-state index in [1.165, 1.54) is 0 Å². The summed E-state index contributed by atoms with van der Waals surface area (Å²) in [6.07, 6.45) is 1.13. The van der Waals surface area contributed by atoms with E-state index in [9.17, 15) is 4.79 Å². The number of ether oxygens (including phenoxy) is 1. The Bertz CT molecular complexity index is 672. The van der Waals surface area contributed by atoms with Crippen LogP contribution in [0.1, 0.15) is 12.0 Å². The van der Waals surface area contributed by atoms with E-state index >= 15 is 0 Å². The van der Waals surface area contributed by atoms with Gasteiger partial charge in [-0.3, -0.25) is 9.69 Å². The van der Waals surface area contributed by atoms with Crippen molar-refractivity contribution in [1.29, 1.82) is 0 Å². The summed E-state index contributed by atoms with van der Waals surface area (Å²) in [7, 11) is 0. The van der Waals surface area contributed by atoms with Crippen LogP contribution in [-0.2, 0) is 16.0 Å². The van der Waals surface area contributed by atoms with Crippen molar-refractivity contribution in [2.45, 2.75) is 12.8 Å². The highest BCUT2D eigenvalue weighted by Gasteiger charge is 2.09. The van der Waals surface area contributed by atoms with Gasteiger partial charge in [-0.25, -0.2) is 0 Å². The minimum absolute atomic E-state index is 0.0591. The number of nitrogens with zero attached hydrogens (tertiary/aromatic N) is 3. The van der Waals surface area contributed by atoms with E-state index in [0.717, 1.165) is 45.0 Å². The molecular formula is C19H25N5O2. The van der Waals surface area contributed by atoms with Crippen molar-refractivity contribution in [3.63, 3.8) is 0 Å². The molecule has 7 nitrogen and oxygen atoms in total. The Morgan fingerprint density at radius 3 is 2.50 bits per heavy atom. The van der Waals surface area contributed by atoms with Crippen LogP contribution in [0, 0.1) is 0 Å². The second-order valence-electron chi connectivity index (χ2n) is 6.22. The van der Waals surface area contributed by atoms with Gasteiger partial charge in [0.15, 0.2) is 5.82 Å². The number of rotatable bonds is 8. The Morgan fingerprint density at radius 1 is 1.04 bits per heavy atom. The Labute approximate surface area is 153 Å². The minimum Gasteiger partial charge on any atom is -0.379 e. The summed E-state index contributed by atoms with van der Waals surface area (Å²) in [6.45, 7) is 5.31. The van der Waals surface area contributed by atoms with E-state index < -0.39 is 0 Å². The van der Waals surface area contributed by atoms with Crippen LogP contribution in [0.4, 0.5) is 11.6 Å². The van der Waals surface area contributed by atoms with Crippen LogP contribution in [0.2, 0.25) is 0 Å². The van der Waals surface area contributed by atoms with E-state index in [0.29, 0.717) is 24.5 Å². The predicted molar refractivity (Wildman–Crippen MR) is 101 cm³/mol. The van der Waals surface area contributed by atoms with Crippen LogP contribution in [-0.4, -0.2) is 60.4 Å². The number of aromatic nitrogens is 2. The molecule has 26 heavy (non-hydrogen) atoms. The van der Waals surface area contributed by atoms with Gasteiger partial charge in [0.05, 0.1) is 13.2 Å². The molecular weight excluding hydrogens is 330 g/mol. The van der Waals surface area contributed by atoms with E-state index in [4.69, 9.17) is 4.74 Å². The van der Waals surface area contributed by atoms with Crippen LogP contribution < -0.4 is 10.6 Å². The van der Waals surface area contributed by atoms with Gasteiger partial charge in [0.1, 0.15) is 5.82 Å². The number of hydrogen-bond donors (Lipinski definition) is 2. The van der Waals surface area contributed by atoms with Crippen LogP contribution in [0.5, 0.6) is 0 Å². The summed E-state index contributed by atoms with van der Waals surface area (Å²) in [4.78, 5) is 14.4. The molecule has 7 heteroatoms. The fourth-order valence-electron chi connectivity index (χ4n) is 2.77. The molecule has 0 bridgehead atoms. The second kappa shape index (κ2) is 9.84. The molecule has 2 aromatic rings. The molecule has 1 fully saturated rings. The molecule has 0 spiro atoms. The Balaban J connectivity index is 1.37. The van der Waals surface area contributed by atoms with Crippen molar-refractivity contribution in [3.05, 3.63) is 48.0 Å². The first-order valence-corrected chi connectivity index (χ1v) is 9.01. The van der Waals surface area contributed by atoms with Crippen molar-refractivity contribution in [2.75, 3.05) is 50.0 Å². The first-order valence-electron chi connectivity index (χ1n) is 9.01. The molecule has 138 valence electrons. The van der Waals surface area contributed by atoms with Gasteiger partial charge >= 0.3 is 0 Å². The standard InChI is InChI=1S/C19H25N5O2/c25-19(9-6-16-4-2-1-3-5-16)21-18-8-7-17(22-23-18)20-10-11-24-12-14-26-15-13-24/h1-5,7-8H,6,9-15H2,(H,20,22)(H,21,23,25). The summed E-state index contributed by atoms with van der Waals surface area (Å²) in [6, 6.07) is 13.6. The third-order valence-electron chi connectivity index (χ3n) is 4.25. The molecule has 3 rings (SSSR count). The molecule has 2 heterocycles. The largest absolute Gasteiger partial charge is 0.379 e. The fourth-order valence-corrected chi connectivity index (χ4v) is 2.77. The maximum absolute atomic E-state index is 12.0. The summed E-state index contributed by atoms with van der Waals surface area (Å²) < 4.78 is 5.33. The first kappa shape index (κ1) is 18.3. The fraction of sp³-hybridized carbons (Fsp3) is 0.421. The number of aryl methyl sites for hydroxylation is 1. The van der Waals surface area contributed by atoms with E-state index in [-0.39, 0.29) is 5.91 Å². The van der Waals surface area contributed by atoms with Crippen molar-refractivity contribution < 1.29 is 9.53 Å². The van der Waals surface area contributed by atoms with Gasteiger partial charge in [0, 0.05) is 32.6 Å². The number of carbonyl (C=O) groups excluding carboxylic acids is 1. The molecule has 1 aliphatic rings. The highest BCUT2D eigenvalue weighted by molar-refractivity contribution is 5.89. The molecule has 0 saturated carbocycles. The van der Waals surface area contributed by atoms with Gasteiger partial charge in [0.2, 0.25) is 5.91 Å². The number of morpholine rings is 1. The van der Waals surface area contributed by atoms with Crippen molar-refractivity contribution in [1.82, 2.24) is 15.1 Å². The lowest BCUT2D eigenvalue weighted by atomic mass is 10.1. The number of hydrogen-bond acceptors (Lipinski definition) is 6. The van der Waals surface area contributed by atoms with Gasteiger partial charge in [-0.15, -0.1) is 10.2 Å². The summed E-state index contributed by atoms with van der Waals surface area (Å²) in [5, 5.41) is 14.2. The summed E-state index contributed by atoms with van der Waals surface area (Å²) >= 11 is 0. The minimum atomic E-state index is -0.0591. The predicted octanol–water partition coefficient (Wildman–Crippen LogP) is 1.79. The Kier molecular flexibility index (Phi) is 6.92. The van der Waals surface area contributed by atoms with Gasteiger partial charge in [-0.1, -0.05) is 30.3 Å². The highest BCUT2D eigenvalue weighted by Crippen LogP contribution is 2.08. The maximum Gasteiger partial charge on any atom is 0.225 e. The SMILES string of the molecule is O=C(CCc1ccccc1)Nc1ccc(NCCN2CCOCC2)nn1. The molecule has 1 aliphatic heterocycles. The smallest absolute Gasteiger partial charge is 0.225 e. The monoisotopic (exact) mass is 355 g/mol. The lowest BCUT2D eigenvalue weighted by molar-refractivity contribution is -0.116. The van der Waals surface area contributed by atoms with Gasteiger partial charge < -0.3 is 15.4 Å². The van der Waals surface area contributed by atoms with E-state index in [1.807, 2.05) is 36.4 Å². The number of benzene rings is 1. The zero-order chi connectivity index (χ0) is 18.0. The molecule has 0 radical (unpaired) electrons. The van der Waals surface area contributed by atoms with Gasteiger partial charge in [-0.2, -0.15) is 0 Å². The first-order chi connectivity index (χ1) is 12.8. The van der Waals surface area contributed by atoms with E-state index in [2.05, 4.69) is 25.7 Å². The van der Waals surface area contributed by atoms with Crippen LogP contribution in [0.25, 0.3) is 0 Å². The average molecular weight is 355 g/mol. The van der Waals surface area contributed by atoms with Crippen LogP contribution in [0.15, 0.2) is 42.5 Å². The highest BCUT2D eigenvalue weighted by atomic mass is 16.5. The van der Waals surface area contributed by atoms with Crippen molar-refractivity contribution >= 4 is 17.5 Å². The quantitative estimate of drug-likeness (QED) is 0.752. The number of nitrogens with one attached hydrogen (secondary N) is 2. The Morgan fingerprint density at radius 2 is 1.77 bits per heavy atom. The number of amides is 1. The molecule has 1 aromatic carbocycles. The lowest BCUT2D eigenvalue weighted by Crippen LogP contribution is -2.39. The van der Waals surface area contributed by atoms with Gasteiger partial charge in [-0.05, 0) is 24.1 Å². The second-order valence-corrected chi connectivity index (χ2v) is 6.22. The van der Waals surface area contributed by atoms with Gasteiger partial charge in [0.25, 0.3) is 0 Å². The van der Waals surface area contributed by atoms with E-state index in [1.54, 1.807) is 6.07 Å². The van der Waals surface area contributed by atoms with Crippen LogP contribution >= 0.6 is 0 Å². The topological polar surface area (TPSA) is 79.4 Å². The molecule has 1 amide bonds. The molecule has 0 aliphatic carbocycles. The maximum atomic E-state index is 12.0. The molecule has 0 atom stereocenters.